The van der Waals surface area contributed by atoms with Crippen molar-refractivity contribution in [2.45, 2.75) is 77.4 Å². The van der Waals surface area contributed by atoms with Crippen LogP contribution < -0.4 is 10.6 Å². The van der Waals surface area contributed by atoms with Crippen molar-refractivity contribution in [2.24, 2.45) is 11.8 Å². The van der Waals surface area contributed by atoms with E-state index in [9.17, 15) is 4.79 Å². The van der Waals surface area contributed by atoms with Gasteiger partial charge in [-0.05, 0) is 37.5 Å². The van der Waals surface area contributed by atoms with E-state index in [0.29, 0.717) is 18.0 Å². The zero-order valence-electron chi connectivity index (χ0n) is 12.0. The molecule has 0 bridgehead atoms. The number of fused-ring (bicyclic) bond motifs is 1. The fourth-order valence-electron chi connectivity index (χ4n) is 3.54. The lowest BCUT2D eigenvalue weighted by atomic mass is 9.85. The van der Waals surface area contributed by atoms with E-state index in [2.05, 4.69) is 31.4 Å². The molecule has 1 heterocycles. The Kier molecular flexibility index (Phi) is 4.66. The van der Waals surface area contributed by atoms with Crippen molar-refractivity contribution < 1.29 is 4.79 Å². The molecule has 2 fully saturated rings. The summed E-state index contributed by atoms with van der Waals surface area (Å²) in [6.07, 6.45) is 7.31. The monoisotopic (exact) mass is 252 g/mol. The van der Waals surface area contributed by atoms with Gasteiger partial charge in [-0.15, -0.1) is 0 Å². The van der Waals surface area contributed by atoms with Gasteiger partial charge in [0.2, 0.25) is 5.91 Å². The lowest BCUT2D eigenvalue weighted by Crippen LogP contribution is -2.48. The van der Waals surface area contributed by atoms with Gasteiger partial charge in [-0.2, -0.15) is 0 Å². The highest BCUT2D eigenvalue weighted by Crippen LogP contribution is 2.33. The quantitative estimate of drug-likeness (QED) is 0.807. The third kappa shape index (κ3) is 3.05. The van der Waals surface area contributed by atoms with Gasteiger partial charge in [0.25, 0.3) is 0 Å². The summed E-state index contributed by atoms with van der Waals surface area (Å²) in [4.78, 5) is 12.3. The third-order valence-corrected chi connectivity index (χ3v) is 4.75. The van der Waals surface area contributed by atoms with E-state index in [4.69, 9.17) is 0 Å². The van der Waals surface area contributed by atoms with Crippen molar-refractivity contribution in [1.82, 2.24) is 10.6 Å². The summed E-state index contributed by atoms with van der Waals surface area (Å²) in [5.74, 6) is 1.49. The van der Waals surface area contributed by atoms with E-state index in [0.717, 1.165) is 18.8 Å². The second-order valence-electron chi connectivity index (χ2n) is 6.37. The number of amides is 1. The number of carbonyl (C=O) groups is 1. The highest BCUT2D eigenvalue weighted by atomic mass is 16.2. The van der Waals surface area contributed by atoms with Crippen molar-refractivity contribution in [1.29, 1.82) is 0 Å². The molecule has 2 aliphatic rings. The Bertz CT molecular complexity index is 276. The number of carbonyl (C=O) groups excluding carboxylic acids is 1. The van der Waals surface area contributed by atoms with E-state index < -0.39 is 0 Å². The second kappa shape index (κ2) is 6.05. The Balaban J connectivity index is 1.86. The first kappa shape index (κ1) is 13.9. The molecule has 2 rings (SSSR count). The summed E-state index contributed by atoms with van der Waals surface area (Å²) >= 11 is 0. The van der Waals surface area contributed by atoms with Gasteiger partial charge in [0.1, 0.15) is 0 Å². The van der Waals surface area contributed by atoms with Crippen molar-refractivity contribution in [3.8, 4) is 0 Å². The molecule has 3 nitrogen and oxygen atoms in total. The maximum atomic E-state index is 12.3. The number of hydrogen-bond donors (Lipinski definition) is 2. The lowest BCUT2D eigenvalue weighted by molar-refractivity contribution is -0.124. The normalized spacial score (nSPS) is 33.2. The van der Waals surface area contributed by atoms with Crippen LogP contribution in [0.15, 0.2) is 0 Å². The van der Waals surface area contributed by atoms with Crippen LogP contribution in [0.25, 0.3) is 0 Å². The third-order valence-electron chi connectivity index (χ3n) is 4.75. The van der Waals surface area contributed by atoms with Crippen LogP contribution in [0.3, 0.4) is 0 Å². The predicted octanol–water partition coefficient (Wildman–Crippen LogP) is 2.46. The van der Waals surface area contributed by atoms with Crippen molar-refractivity contribution >= 4 is 5.91 Å². The minimum Gasteiger partial charge on any atom is -0.352 e. The molecule has 4 unspecified atom stereocenters. The zero-order valence-corrected chi connectivity index (χ0v) is 12.0. The number of hydrogen-bond acceptors (Lipinski definition) is 2. The fraction of sp³-hybridized carbons (Fsp3) is 0.933. The second-order valence-corrected chi connectivity index (χ2v) is 6.37. The topological polar surface area (TPSA) is 41.1 Å². The first-order chi connectivity index (χ1) is 8.61. The van der Waals surface area contributed by atoms with E-state index in [-0.39, 0.29) is 11.9 Å². The summed E-state index contributed by atoms with van der Waals surface area (Å²) < 4.78 is 0. The Hall–Kier alpha value is -0.570. The molecule has 0 spiro atoms. The Morgan fingerprint density at radius 3 is 2.67 bits per heavy atom. The Labute approximate surface area is 111 Å². The lowest BCUT2D eigenvalue weighted by Gasteiger charge is -2.24. The molecule has 1 saturated heterocycles. The Morgan fingerprint density at radius 1 is 1.33 bits per heavy atom. The molecule has 1 aliphatic carbocycles. The van der Waals surface area contributed by atoms with E-state index >= 15 is 0 Å². The molecule has 1 saturated carbocycles. The van der Waals surface area contributed by atoms with Crippen LogP contribution in [-0.2, 0) is 4.79 Å². The summed E-state index contributed by atoms with van der Waals surface area (Å²) in [6.45, 7) is 6.50. The molecule has 0 aromatic rings. The minimum absolute atomic E-state index is 0.0610. The summed E-state index contributed by atoms with van der Waals surface area (Å²) in [5.41, 5.74) is 0. The highest BCUT2D eigenvalue weighted by molar-refractivity contribution is 5.82. The van der Waals surface area contributed by atoms with Crippen LogP contribution in [0.4, 0.5) is 0 Å². The number of rotatable bonds is 4. The number of nitrogens with one attached hydrogen (secondary N) is 2. The van der Waals surface area contributed by atoms with Crippen LogP contribution in [0, 0.1) is 11.8 Å². The van der Waals surface area contributed by atoms with Gasteiger partial charge in [-0.3, -0.25) is 4.79 Å². The summed E-state index contributed by atoms with van der Waals surface area (Å²) in [7, 11) is 0. The molecular weight excluding hydrogens is 224 g/mol. The SMILES string of the molecule is CCC(NC(=O)C1CC2CCCCC2N1)C(C)C. The molecule has 1 aliphatic heterocycles. The molecule has 1 amide bonds. The van der Waals surface area contributed by atoms with Crippen LogP contribution in [0.2, 0.25) is 0 Å². The molecule has 104 valence electrons. The van der Waals surface area contributed by atoms with Gasteiger partial charge in [0.05, 0.1) is 6.04 Å². The maximum Gasteiger partial charge on any atom is 0.237 e. The van der Waals surface area contributed by atoms with E-state index in [1.165, 1.54) is 25.7 Å². The predicted molar refractivity (Wildman–Crippen MR) is 74.3 cm³/mol. The fourth-order valence-corrected chi connectivity index (χ4v) is 3.54. The average molecular weight is 252 g/mol. The average Bonchev–Trinajstić information content (AvgIpc) is 2.79. The molecule has 0 aromatic carbocycles. The van der Waals surface area contributed by atoms with Gasteiger partial charge >= 0.3 is 0 Å². The van der Waals surface area contributed by atoms with Gasteiger partial charge in [0.15, 0.2) is 0 Å². The summed E-state index contributed by atoms with van der Waals surface area (Å²) in [5, 5.41) is 6.77. The van der Waals surface area contributed by atoms with Crippen LogP contribution in [0.5, 0.6) is 0 Å². The molecule has 0 aromatic heterocycles. The van der Waals surface area contributed by atoms with Gasteiger partial charge in [-0.25, -0.2) is 0 Å². The minimum atomic E-state index is 0.0610. The molecule has 2 N–H and O–H groups in total. The van der Waals surface area contributed by atoms with Gasteiger partial charge in [0, 0.05) is 12.1 Å². The first-order valence-corrected chi connectivity index (χ1v) is 7.68. The summed E-state index contributed by atoms with van der Waals surface area (Å²) in [6, 6.07) is 0.987. The van der Waals surface area contributed by atoms with Gasteiger partial charge < -0.3 is 10.6 Å². The zero-order chi connectivity index (χ0) is 13.1. The first-order valence-electron chi connectivity index (χ1n) is 7.68. The molecule has 3 heteroatoms. The van der Waals surface area contributed by atoms with E-state index in [1.807, 2.05) is 0 Å². The molecule has 4 atom stereocenters. The standard InChI is InChI=1S/C15H28N2O/c1-4-12(10(2)3)17-15(18)14-9-11-7-5-6-8-13(11)16-14/h10-14,16H,4-9H2,1-3H3,(H,17,18). The van der Waals surface area contributed by atoms with Crippen LogP contribution >= 0.6 is 0 Å². The van der Waals surface area contributed by atoms with Crippen molar-refractivity contribution in [3.05, 3.63) is 0 Å². The smallest absolute Gasteiger partial charge is 0.237 e. The molecule has 18 heavy (non-hydrogen) atoms. The van der Waals surface area contributed by atoms with Crippen molar-refractivity contribution in [2.75, 3.05) is 0 Å². The van der Waals surface area contributed by atoms with E-state index in [1.54, 1.807) is 0 Å². The molecular formula is C15H28N2O. The Morgan fingerprint density at radius 2 is 2.06 bits per heavy atom. The maximum absolute atomic E-state index is 12.3. The largest absolute Gasteiger partial charge is 0.352 e. The highest BCUT2D eigenvalue weighted by Gasteiger charge is 2.38. The van der Waals surface area contributed by atoms with Crippen LogP contribution in [-0.4, -0.2) is 24.0 Å². The van der Waals surface area contributed by atoms with Gasteiger partial charge in [-0.1, -0.05) is 33.6 Å². The molecule has 0 radical (unpaired) electrons. The van der Waals surface area contributed by atoms with Crippen LogP contribution in [0.1, 0.15) is 59.3 Å². The van der Waals surface area contributed by atoms with Crippen molar-refractivity contribution in [3.63, 3.8) is 0 Å².